The number of halogens is 1. The molecular formula is C41H52ClN5O7. The maximum absolute atomic E-state index is 14.9. The minimum atomic E-state index is -1.06. The molecule has 5 atom stereocenters. The predicted molar refractivity (Wildman–Crippen MR) is 204 cm³/mol. The predicted octanol–water partition coefficient (Wildman–Crippen LogP) is 6.73. The number of aromatic nitrogens is 2. The molecule has 290 valence electrons. The molecule has 1 aliphatic heterocycles. The van der Waals surface area contributed by atoms with E-state index in [1.165, 1.54) is 11.1 Å². The zero-order valence-electron chi connectivity index (χ0n) is 31.4. The first-order valence-corrected chi connectivity index (χ1v) is 19.7. The first-order valence-electron chi connectivity index (χ1n) is 19.4. The Morgan fingerprint density at radius 1 is 1.00 bits per heavy atom. The first-order chi connectivity index (χ1) is 25.8. The minimum Gasteiger partial charge on any atom is -0.472 e. The van der Waals surface area contributed by atoms with E-state index in [9.17, 15) is 24.0 Å². The molecule has 6 rings (SSSR count). The number of Topliss-reactive ketones (excluding diaryl/α,β-unsaturated/α-hetero) is 3. The van der Waals surface area contributed by atoms with Crippen LogP contribution in [0.3, 0.4) is 0 Å². The highest BCUT2D eigenvalue weighted by atomic mass is 35.5. The van der Waals surface area contributed by atoms with Crippen LogP contribution in [0.15, 0.2) is 47.0 Å². The van der Waals surface area contributed by atoms with Crippen molar-refractivity contribution in [2.45, 2.75) is 116 Å². The summed E-state index contributed by atoms with van der Waals surface area (Å²) in [5.41, 5.74) is 6.05. The number of primary amides is 1. The molecule has 3 fully saturated rings. The summed E-state index contributed by atoms with van der Waals surface area (Å²) >= 11 is 6.04. The van der Waals surface area contributed by atoms with Gasteiger partial charge in [-0.25, -0.2) is 4.98 Å². The number of anilines is 1. The molecule has 2 saturated carbocycles. The van der Waals surface area contributed by atoms with Crippen molar-refractivity contribution in [2.24, 2.45) is 34.8 Å². The van der Waals surface area contributed by atoms with E-state index in [0.717, 1.165) is 51.4 Å². The maximum atomic E-state index is 14.9. The summed E-state index contributed by atoms with van der Waals surface area (Å²) in [5.74, 6) is -3.69. The molecule has 0 spiro atoms. The van der Waals surface area contributed by atoms with E-state index >= 15 is 0 Å². The number of fused-ring (bicyclic) bond motifs is 1. The number of rotatable bonds is 16. The van der Waals surface area contributed by atoms with Gasteiger partial charge in [0.2, 0.25) is 17.6 Å². The molecule has 3 aromatic rings. The van der Waals surface area contributed by atoms with Gasteiger partial charge in [0.05, 0.1) is 23.7 Å². The van der Waals surface area contributed by atoms with E-state index in [4.69, 9.17) is 26.5 Å². The van der Waals surface area contributed by atoms with Gasteiger partial charge in [0, 0.05) is 43.4 Å². The fourth-order valence-corrected chi connectivity index (χ4v) is 8.43. The van der Waals surface area contributed by atoms with Gasteiger partial charge >= 0.3 is 0 Å². The van der Waals surface area contributed by atoms with Gasteiger partial charge in [0.25, 0.3) is 11.9 Å². The fraction of sp³-hybridized carbons (Fsp3) is 0.585. The number of oxazole rings is 1. The molecule has 0 bridgehead atoms. The largest absolute Gasteiger partial charge is 0.472 e. The van der Waals surface area contributed by atoms with Crippen LogP contribution < -0.4 is 15.8 Å². The van der Waals surface area contributed by atoms with Crippen LogP contribution in [0.4, 0.5) is 6.01 Å². The van der Waals surface area contributed by atoms with Crippen molar-refractivity contribution >= 4 is 57.9 Å². The molecule has 12 nitrogen and oxygen atoms in total. The van der Waals surface area contributed by atoms with Gasteiger partial charge in [-0.2, -0.15) is 4.98 Å². The fourth-order valence-electron chi connectivity index (χ4n) is 8.32. The molecule has 54 heavy (non-hydrogen) atoms. The molecule has 1 unspecified atom stereocenters. The summed E-state index contributed by atoms with van der Waals surface area (Å²) < 4.78 is 12.2. The van der Waals surface area contributed by atoms with Crippen molar-refractivity contribution in [2.75, 3.05) is 11.9 Å². The lowest BCUT2D eigenvalue weighted by molar-refractivity contribution is -0.147. The molecule has 3 heterocycles. The Kier molecular flexibility index (Phi) is 12.4. The van der Waals surface area contributed by atoms with E-state index in [1.54, 1.807) is 12.1 Å². The standard InChI is InChI=1S/C41H52ClN5O7/c1-41(2,3)29(21-33(49)36(25-12-5-4-6-13-25)46-40-45-30-14-7-8-15-34(30)54-40)39(52)47-23-28(53-35-17-16-27(42)22-44-35)20-31(47)32(48)19-26(37(50)38(43)51)18-24-10-9-11-24/h7-8,14-17,22,24-26,28-29,31,36H,4-6,9-13,18-21,23H2,1-3H3,(H2,43,51)(H,45,46)/t26?,28-,29-,31+,36+/m1/s1. The number of pyridine rings is 1. The van der Waals surface area contributed by atoms with Crippen LogP contribution >= 0.6 is 11.6 Å². The number of nitrogens with zero attached hydrogens (tertiary/aromatic N) is 3. The molecule has 3 N–H and O–H groups in total. The maximum Gasteiger partial charge on any atom is 0.296 e. The van der Waals surface area contributed by atoms with Crippen molar-refractivity contribution in [1.82, 2.24) is 14.9 Å². The van der Waals surface area contributed by atoms with E-state index in [0.29, 0.717) is 28.4 Å². The number of ketones is 3. The number of amides is 2. The van der Waals surface area contributed by atoms with Crippen molar-refractivity contribution in [3.8, 4) is 5.88 Å². The molecule has 1 aromatic carbocycles. The Hall–Kier alpha value is -4.32. The minimum absolute atomic E-state index is 0.0399. The average Bonchev–Trinajstić information content (AvgIpc) is 3.74. The van der Waals surface area contributed by atoms with Gasteiger partial charge in [-0.1, -0.05) is 83.0 Å². The second-order valence-corrected chi connectivity index (χ2v) is 17.0. The first kappa shape index (κ1) is 39.4. The Balaban J connectivity index is 1.26. The summed E-state index contributed by atoms with van der Waals surface area (Å²) in [6, 6.07) is 9.39. The van der Waals surface area contributed by atoms with Crippen LogP contribution in [0.25, 0.3) is 11.1 Å². The number of nitrogens with two attached hydrogens (primary N) is 1. The Morgan fingerprint density at radius 2 is 1.74 bits per heavy atom. The number of carbonyl (C=O) groups excluding carboxylic acids is 5. The number of benzene rings is 1. The van der Waals surface area contributed by atoms with E-state index in [2.05, 4.69) is 15.3 Å². The van der Waals surface area contributed by atoms with Gasteiger partial charge in [-0.15, -0.1) is 0 Å². The van der Waals surface area contributed by atoms with Gasteiger partial charge in [-0.05, 0) is 54.7 Å². The van der Waals surface area contributed by atoms with Crippen LogP contribution in [0.2, 0.25) is 5.02 Å². The van der Waals surface area contributed by atoms with Crippen LogP contribution in [-0.4, -0.2) is 68.8 Å². The van der Waals surface area contributed by atoms with Crippen LogP contribution in [0.5, 0.6) is 5.88 Å². The highest BCUT2D eigenvalue weighted by molar-refractivity contribution is 6.36. The Morgan fingerprint density at radius 3 is 2.37 bits per heavy atom. The molecule has 2 amide bonds. The Bertz CT molecular complexity index is 1800. The summed E-state index contributed by atoms with van der Waals surface area (Å²) in [7, 11) is 0. The number of likely N-dealkylation sites (tertiary alicyclic amines) is 1. The number of hydrogen-bond acceptors (Lipinski definition) is 10. The molecule has 0 radical (unpaired) electrons. The van der Waals surface area contributed by atoms with Crippen molar-refractivity contribution in [3.05, 3.63) is 47.6 Å². The number of carbonyl (C=O) groups is 5. The summed E-state index contributed by atoms with van der Waals surface area (Å²) in [4.78, 5) is 78.9. The molecule has 2 aliphatic carbocycles. The summed E-state index contributed by atoms with van der Waals surface area (Å²) in [6.45, 7) is 5.84. The number of para-hydroxylation sites is 2. The summed E-state index contributed by atoms with van der Waals surface area (Å²) in [5, 5.41) is 3.76. The molecule has 2 aromatic heterocycles. The lowest BCUT2D eigenvalue weighted by Crippen LogP contribution is -2.49. The highest BCUT2D eigenvalue weighted by Crippen LogP contribution is 2.38. The number of nitrogens with one attached hydrogen (secondary N) is 1. The van der Waals surface area contributed by atoms with Crippen LogP contribution in [0, 0.1) is 29.1 Å². The quantitative estimate of drug-likeness (QED) is 0.149. The van der Waals surface area contributed by atoms with Crippen molar-refractivity contribution in [3.63, 3.8) is 0 Å². The molecule has 13 heteroatoms. The monoisotopic (exact) mass is 761 g/mol. The molecular weight excluding hydrogens is 710 g/mol. The SMILES string of the molecule is CC(C)(C)[C@H](CC(=O)[C@@H](Nc1nc2ccccc2o1)C1CCCCC1)C(=O)N1C[C@H](Oc2ccc(Cl)cn2)C[C@H]1C(=O)CC(CC1CCC1)C(=O)C(N)=O. The van der Waals surface area contributed by atoms with Gasteiger partial charge in [0.1, 0.15) is 11.6 Å². The molecule has 1 saturated heterocycles. The Labute approximate surface area is 321 Å². The number of hydrogen-bond donors (Lipinski definition) is 2. The van der Waals surface area contributed by atoms with Crippen molar-refractivity contribution in [1.29, 1.82) is 0 Å². The van der Waals surface area contributed by atoms with Gasteiger partial charge < -0.3 is 25.1 Å². The zero-order chi connectivity index (χ0) is 38.6. The second kappa shape index (κ2) is 17.0. The third-order valence-electron chi connectivity index (χ3n) is 11.6. The third kappa shape index (κ3) is 9.48. The smallest absolute Gasteiger partial charge is 0.296 e. The van der Waals surface area contributed by atoms with Crippen LogP contribution in [-0.2, 0) is 24.0 Å². The van der Waals surface area contributed by atoms with Crippen LogP contribution in [0.1, 0.15) is 97.8 Å². The van der Waals surface area contributed by atoms with Crippen molar-refractivity contribution < 1.29 is 33.1 Å². The second-order valence-electron chi connectivity index (χ2n) is 16.5. The zero-order valence-corrected chi connectivity index (χ0v) is 32.2. The lowest BCUT2D eigenvalue weighted by atomic mass is 9.74. The van der Waals surface area contributed by atoms with E-state index in [-0.39, 0.29) is 61.1 Å². The molecule has 3 aliphatic rings. The van der Waals surface area contributed by atoms with Gasteiger partial charge in [-0.3, -0.25) is 24.0 Å². The normalized spacial score (nSPS) is 21.2. The van der Waals surface area contributed by atoms with Gasteiger partial charge in [0.15, 0.2) is 17.1 Å². The summed E-state index contributed by atoms with van der Waals surface area (Å²) in [6.07, 6.45) is 8.89. The lowest BCUT2D eigenvalue weighted by Gasteiger charge is -2.36. The van der Waals surface area contributed by atoms with E-state index in [1.807, 2.05) is 45.0 Å². The average molecular weight is 762 g/mol. The highest BCUT2D eigenvalue weighted by Gasteiger charge is 2.47. The topological polar surface area (TPSA) is 175 Å². The van der Waals surface area contributed by atoms with E-state index < -0.39 is 47.1 Å². The third-order valence-corrected chi connectivity index (χ3v) is 11.8. The number of ether oxygens (including phenoxy) is 1.